The number of unbranched alkanes of at least 4 members (excludes halogenated alkanes) is 1. The molecule has 1 saturated carbocycles. The van der Waals surface area contributed by atoms with Gasteiger partial charge in [-0.3, -0.25) is 0 Å². The SMILES string of the molecule is O=C([O-])CCC/C=C\C[C@H]1[C@@H]2S[C@@H]2C[C@@H]1NS(=O)(=O)c1ccccc1.[Na+]. The predicted octanol–water partition coefficient (Wildman–Crippen LogP) is -1.29. The van der Waals surface area contributed by atoms with E-state index >= 15 is 0 Å². The van der Waals surface area contributed by atoms with Crippen LogP contribution in [0.4, 0.5) is 0 Å². The number of rotatable bonds is 9. The van der Waals surface area contributed by atoms with Crippen molar-refractivity contribution in [1.82, 2.24) is 4.72 Å². The molecule has 1 aromatic carbocycles. The molecule has 0 radical (unpaired) electrons. The van der Waals surface area contributed by atoms with Gasteiger partial charge in [0.2, 0.25) is 10.0 Å². The van der Waals surface area contributed by atoms with Crippen molar-refractivity contribution in [1.29, 1.82) is 0 Å². The molecule has 0 spiro atoms. The Morgan fingerprint density at radius 2 is 2.00 bits per heavy atom. The molecule has 1 aliphatic carbocycles. The summed E-state index contributed by atoms with van der Waals surface area (Å²) < 4.78 is 28.0. The van der Waals surface area contributed by atoms with Gasteiger partial charge in [-0.2, -0.15) is 11.8 Å². The number of thioether (sulfide) groups is 1. The van der Waals surface area contributed by atoms with Crippen LogP contribution in [0, 0.1) is 5.92 Å². The Bertz CT molecular complexity index is 739. The molecule has 1 saturated heterocycles. The number of hydrogen-bond acceptors (Lipinski definition) is 5. The van der Waals surface area contributed by atoms with Crippen molar-refractivity contribution in [2.75, 3.05) is 0 Å². The van der Waals surface area contributed by atoms with Crippen molar-refractivity contribution in [2.45, 2.75) is 53.5 Å². The van der Waals surface area contributed by atoms with Crippen LogP contribution in [0.15, 0.2) is 47.4 Å². The van der Waals surface area contributed by atoms with Gasteiger partial charge in [0.05, 0.1) is 4.90 Å². The fourth-order valence-corrected chi connectivity index (χ4v) is 6.18. The maximum atomic E-state index is 12.5. The van der Waals surface area contributed by atoms with Gasteiger partial charge < -0.3 is 9.90 Å². The fourth-order valence-electron chi connectivity index (χ4n) is 3.41. The first-order chi connectivity index (χ1) is 12.0. The van der Waals surface area contributed by atoms with Gasteiger partial charge in [0, 0.05) is 22.5 Å². The Morgan fingerprint density at radius 3 is 2.69 bits per heavy atom. The number of sulfonamides is 1. The van der Waals surface area contributed by atoms with E-state index in [0.717, 1.165) is 12.8 Å². The average Bonchev–Trinajstić information content (AvgIpc) is 3.25. The fraction of sp³-hybridized carbons (Fsp3) is 0.500. The van der Waals surface area contributed by atoms with Crippen LogP contribution in [0.2, 0.25) is 0 Å². The van der Waals surface area contributed by atoms with Crippen LogP contribution in [-0.4, -0.2) is 30.9 Å². The molecule has 26 heavy (non-hydrogen) atoms. The van der Waals surface area contributed by atoms with Crippen molar-refractivity contribution in [3.63, 3.8) is 0 Å². The predicted molar refractivity (Wildman–Crippen MR) is 96.4 cm³/mol. The molecule has 2 aliphatic rings. The molecule has 1 aliphatic heterocycles. The van der Waals surface area contributed by atoms with E-state index in [2.05, 4.69) is 10.8 Å². The van der Waals surface area contributed by atoms with Crippen LogP contribution < -0.4 is 39.4 Å². The molecule has 5 nitrogen and oxygen atoms in total. The number of carboxylic acids is 1. The minimum absolute atomic E-state index is 0. The van der Waals surface area contributed by atoms with Crippen molar-refractivity contribution in [2.24, 2.45) is 5.92 Å². The molecule has 1 heterocycles. The molecule has 3 rings (SSSR count). The van der Waals surface area contributed by atoms with E-state index in [-0.39, 0.29) is 42.0 Å². The molecule has 1 N–H and O–H groups in total. The summed E-state index contributed by atoms with van der Waals surface area (Å²) in [7, 11) is -3.48. The first kappa shape index (κ1) is 22.0. The second kappa shape index (κ2) is 9.75. The summed E-state index contributed by atoms with van der Waals surface area (Å²) in [5, 5.41) is 11.5. The Labute approximate surface area is 181 Å². The molecular formula is C18H22NNaO4S2. The summed E-state index contributed by atoms with van der Waals surface area (Å²) >= 11 is 1.93. The van der Waals surface area contributed by atoms with Gasteiger partial charge in [-0.1, -0.05) is 30.4 Å². The number of nitrogens with one attached hydrogen (secondary N) is 1. The molecular weight excluding hydrogens is 381 g/mol. The van der Waals surface area contributed by atoms with Crippen LogP contribution in [0.25, 0.3) is 0 Å². The van der Waals surface area contributed by atoms with Crippen molar-refractivity contribution >= 4 is 27.8 Å². The standard InChI is InChI=1S/C18H23NO4S2.Na/c20-17(21)11-7-2-1-6-10-14-15(12-16-18(14)24-16)19-25(22,23)13-8-4-3-5-9-13;/h1,3-6,8-9,14-16,18-19H,2,7,10-12H2,(H,20,21);/q;+1/p-1/b6-1-;/t14-,15+,16-,18+;/m1./s1. The zero-order valence-electron chi connectivity index (χ0n) is 14.8. The van der Waals surface area contributed by atoms with Gasteiger partial charge >= 0.3 is 29.6 Å². The smallest absolute Gasteiger partial charge is 0.550 e. The van der Waals surface area contributed by atoms with Crippen LogP contribution in [-0.2, 0) is 14.8 Å². The Morgan fingerprint density at radius 1 is 1.27 bits per heavy atom. The number of aliphatic carboxylic acids is 1. The van der Waals surface area contributed by atoms with Crippen molar-refractivity contribution in [3.05, 3.63) is 42.5 Å². The molecule has 1 aromatic rings. The van der Waals surface area contributed by atoms with E-state index in [0.29, 0.717) is 34.2 Å². The molecule has 8 heteroatoms. The molecule has 0 amide bonds. The normalized spacial score (nSPS) is 27.1. The minimum Gasteiger partial charge on any atom is -0.550 e. The molecule has 2 fully saturated rings. The van der Waals surface area contributed by atoms with Crippen LogP contribution >= 0.6 is 11.8 Å². The molecule has 136 valence electrons. The van der Waals surface area contributed by atoms with Gasteiger partial charge in [0.25, 0.3) is 0 Å². The maximum absolute atomic E-state index is 12.5. The third-order valence-corrected chi connectivity index (χ3v) is 7.75. The Balaban J connectivity index is 0.00000243. The number of fused-ring (bicyclic) bond motifs is 1. The topological polar surface area (TPSA) is 86.3 Å². The van der Waals surface area contributed by atoms with Gasteiger partial charge in [0.1, 0.15) is 0 Å². The van der Waals surface area contributed by atoms with Gasteiger partial charge in [0.15, 0.2) is 0 Å². The van der Waals surface area contributed by atoms with Gasteiger partial charge in [-0.15, -0.1) is 0 Å². The van der Waals surface area contributed by atoms with E-state index in [1.165, 1.54) is 0 Å². The summed E-state index contributed by atoms with van der Waals surface area (Å²) in [4.78, 5) is 10.7. The third-order valence-electron chi connectivity index (χ3n) is 4.73. The number of benzene rings is 1. The number of carboxylic acid groups (broad SMARTS) is 1. The van der Waals surface area contributed by atoms with E-state index in [4.69, 9.17) is 0 Å². The second-order valence-electron chi connectivity index (χ2n) is 6.55. The summed E-state index contributed by atoms with van der Waals surface area (Å²) in [5.74, 6) is -0.720. The molecule has 4 atom stereocenters. The number of carbonyl (C=O) groups is 1. The van der Waals surface area contributed by atoms with Crippen LogP contribution in [0.1, 0.15) is 32.1 Å². The zero-order chi connectivity index (χ0) is 17.9. The minimum atomic E-state index is -3.48. The van der Waals surface area contributed by atoms with Gasteiger partial charge in [-0.25, -0.2) is 13.1 Å². The van der Waals surface area contributed by atoms with Crippen molar-refractivity contribution in [3.8, 4) is 0 Å². The first-order valence-electron chi connectivity index (χ1n) is 8.55. The van der Waals surface area contributed by atoms with E-state index < -0.39 is 16.0 Å². The number of carbonyl (C=O) groups excluding carboxylic acids is 1. The van der Waals surface area contributed by atoms with Crippen LogP contribution in [0.3, 0.4) is 0 Å². The summed E-state index contributed by atoms with van der Waals surface area (Å²) in [5.41, 5.74) is 0. The summed E-state index contributed by atoms with van der Waals surface area (Å²) in [6.45, 7) is 0. The monoisotopic (exact) mass is 403 g/mol. The molecule has 0 unspecified atom stereocenters. The largest absolute Gasteiger partial charge is 1.00 e. The second-order valence-corrected chi connectivity index (χ2v) is 9.69. The zero-order valence-corrected chi connectivity index (χ0v) is 18.5. The third kappa shape index (κ3) is 5.84. The quantitative estimate of drug-likeness (QED) is 0.240. The molecule has 0 bridgehead atoms. The Kier molecular flexibility index (Phi) is 8.25. The average molecular weight is 404 g/mol. The first-order valence-corrected chi connectivity index (χ1v) is 11.0. The molecule has 0 aromatic heterocycles. The number of allylic oxidation sites excluding steroid dienone is 2. The summed E-state index contributed by atoms with van der Waals surface area (Å²) in [6, 6.07) is 8.44. The van der Waals surface area contributed by atoms with Crippen molar-refractivity contribution < 1.29 is 47.9 Å². The van der Waals surface area contributed by atoms with Gasteiger partial charge in [-0.05, 0) is 50.2 Å². The van der Waals surface area contributed by atoms with E-state index in [9.17, 15) is 18.3 Å². The Hall–Kier alpha value is -0.310. The summed E-state index contributed by atoms with van der Waals surface area (Å²) in [6.07, 6.45) is 7.12. The number of hydrogen-bond donors (Lipinski definition) is 1. The van der Waals surface area contributed by atoms with Crippen LogP contribution in [0.5, 0.6) is 0 Å². The maximum Gasteiger partial charge on any atom is 1.00 e. The van der Waals surface area contributed by atoms with E-state index in [1.807, 2.05) is 17.8 Å². The van der Waals surface area contributed by atoms with E-state index in [1.54, 1.807) is 30.3 Å².